The minimum atomic E-state index is 0.210. The fraction of sp³-hybridized carbons (Fsp3) is 0.308. The first-order valence-corrected chi connectivity index (χ1v) is 6.58. The first-order valence-electron chi connectivity index (χ1n) is 5.70. The van der Waals surface area contributed by atoms with Gasteiger partial charge in [0, 0.05) is 22.8 Å². The van der Waals surface area contributed by atoms with Crippen LogP contribution in [-0.4, -0.2) is 4.98 Å². The quantitative estimate of drug-likeness (QED) is 0.630. The average molecular weight is 247 g/mol. The Hall–Kier alpha value is -1.23. The maximum atomic E-state index is 5.61. The van der Waals surface area contributed by atoms with Crippen LogP contribution in [0.5, 0.6) is 0 Å². The summed E-state index contributed by atoms with van der Waals surface area (Å²) >= 11 is 1.76. The second-order valence-electron chi connectivity index (χ2n) is 4.07. The normalized spacial score (nSPS) is 12.6. The van der Waals surface area contributed by atoms with Crippen LogP contribution in [0.15, 0.2) is 35.8 Å². The number of hydrogen-bond donors (Lipinski definition) is 2. The van der Waals surface area contributed by atoms with Gasteiger partial charge in [0.1, 0.15) is 0 Å². The van der Waals surface area contributed by atoms with Crippen LogP contribution < -0.4 is 11.3 Å². The molecule has 0 aliphatic rings. The van der Waals surface area contributed by atoms with E-state index < -0.39 is 0 Å². The molecule has 0 aromatic carbocycles. The van der Waals surface area contributed by atoms with Gasteiger partial charge in [0.05, 0.1) is 0 Å². The summed E-state index contributed by atoms with van der Waals surface area (Å²) in [5, 5.41) is 2.16. The van der Waals surface area contributed by atoms with E-state index in [1.807, 2.05) is 24.4 Å². The number of nitrogens with one attached hydrogen (secondary N) is 1. The Morgan fingerprint density at radius 3 is 2.94 bits per heavy atom. The van der Waals surface area contributed by atoms with E-state index in [-0.39, 0.29) is 6.04 Å². The highest BCUT2D eigenvalue weighted by atomic mass is 32.1. The topological polar surface area (TPSA) is 50.9 Å². The van der Waals surface area contributed by atoms with E-state index in [0.29, 0.717) is 0 Å². The van der Waals surface area contributed by atoms with Crippen LogP contribution in [0.2, 0.25) is 0 Å². The molecule has 3 nitrogen and oxygen atoms in total. The van der Waals surface area contributed by atoms with E-state index in [9.17, 15) is 0 Å². The molecule has 0 fully saturated rings. The van der Waals surface area contributed by atoms with Crippen LogP contribution in [0.25, 0.3) is 0 Å². The lowest BCUT2D eigenvalue weighted by atomic mass is 10.0. The maximum Gasteiger partial charge on any atom is 0.0472 e. The molecule has 4 heteroatoms. The Kier molecular flexibility index (Phi) is 4.25. The van der Waals surface area contributed by atoms with Crippen molar-refractivity contribution >= 4 is 11.3 Å². The molecule has 0 spiro atoms. The Labute approximate surface area is 106 Å². The maximum absolute atomic E-state index is 5.61. The zero-order valence-electron chi connectivity index (χ0n) is 9.89. The van der Waals surface area contributed by atoms with E-state index in [1.54, 1.807) is 11.3 Å². The summed E-state index contributed by atoms with van der Waals surface area (Å²) in [6.45, 7) is 2.11. The first kappa shape index (κ1) is 12.2. The van der Waals surface area contributed by atoms with Gasteiger partial charge in [-0.2, -0.15) is 0 Å². The average Bonchev–Trinajstić information content (AvgIpc) is 2.78. The molecule has 3 N–H and O–H groups in total. The van der Waals surface area contributed by atoms with Crippen molar-refractivity contribution in [3.05, 3.63) is 52.0 Å². The lowest BCUT2D eigenvalue weighted by Crippen LogP contribution is -2.28. The molecule has 0 aliphatic heterocycles. The monoisotopic (exact) mass is 247 g/mol. The van der Waals surface area contributed by atoms with Gasteiger partial charge < -0.3 is 0 Å². The molecule has 17 heavy (non-hydrogen) atoms. The zero-order valence-corrected chi connectivity index (χ0v) is 10.7. The summed E-state index contributed by atoms with van der Waals surface area (Å²) in [6.07, 6.45) is 3.73. The van der Waals surface area contributed by atoms with Gasteiger partial charge in [-0.3, -0.25) is 16.3 Å². The lowest BCUT2D eigenvalue weighted by Gasteiger charge is -2.14. The number of nitrogens with zero attached hydrogens (tertiary/aromatic N) is 1. The molecule has 0 bridgehead atoms. The Morgan fingerprint density at radius 2 is 2.35 bits per heavy atom. The third-order valence-electron chi connectivity index (χ3n) is 2.77. The van der Waals surface area contributed by atoms with Crippen LogP contribution in [0.3, 0.4) is 0 Å². The zero-order chi connectivity index (χ0) is 12.1. The van der Waals surface area contributed by atoms with Gasteiger partial charge in [-0.15, -0.1) is 11.3 Å². The first-order chi connectivity index (χ1) is 8.29. The highest BCUT2D eigenvalue weighted by Gasteiger charge is 2.11. The van der Waals surface area contributed by atoms with Gasteiger partial charge in [-0.05, 0) is 48.9 Å². The molecule has 2 aromatic heterocycles. The summed E-state index contributed by atoms with van der Waals surface area (Å²) in [5.74, 6) is 5.61. The van der Waals surface area contributed by atoms with Crippen molar-refractivity contribution in [1.82, 2.24) is 10.4 Å². The van der Waals surface area contributed by atoms with Gasteiger partial charge in [-0.25, -0.2) is 0 Å². The fourth-order valence-corrected chi connectivity index (χ4v) is 2.59. The predicted octanol–water partition coefficient (Wildman–Crippen LogP) is 2.59. The highest BCUT2D eigenvalue weighted by molar-refractivity contribution is 7.10. The van der Waals surface area contributed by atoms with Gasteiger partial charge in [-0.1, -0.05) is 6.07 Å². The minimum absolute atomic E-state index is 0.210. The van der Waals surface area contributed by atoms with Crippen molar-refractivity contribution < 1.29 is 0 Å². The molecule has 0 aliphatic carbocycles. The molecule has 90 valence electrons. The number of thiophene rings is 1. The van der Waals surface area contributed by atoms with Gasteiger partial charge >= 0.3 is 0 Å². The molecular formula is C13H17N3S. The number of aromatic nitrogens is 1. The van der Waals surface area contributed by atoms with Crippen molar-refractivity contribution in [3.63, 3.8) is 0 Å². The fourth-order valence-electron chi connectivity index (χ4n) is 1.83. The molecule has 0 saturated heterocycles. The second-order valence-corrected chi connectivity index (χ2v) is 5.19. The van der Waals surface area contributed by atoms with E-state index >= 15 is 0 Å². The van der Waals surface area contributed by atoms with Crippen molar-refractivity contribution in [2.75, 3.05) is 0 Å². The molecule has 0 amide bonds. The van der Waals surface area contributed by atoms with Crippen LogP contribution in [0.4, 0.5) is 0 Å². The van der Waals surface area contributed by atoms with E-state index in [2.05, 4.69) is 28.8 Å². The van der Waals surface area contributed by atoms with Gasteiger partial charge in [0.15, 0.2) is 0 Å². The molecule has 2 aromatic rings. The molecule has 0 radical (unpaired) electrons. The van der Waals surface area contributed by atoms with E-state index in [0.717, 1.165) is 18.5 Å². The smallest absolute Gasteiger partial charge is 0.0472 e. The van der Waals surface area contributed by atoms with Crippen LogP contribution in [0.1, 0.15) is 28.6 Å². The number of hydrogen-bond acceptors (Lipinski definition) is 4. The summed E-state index contributed by atoms with van der Waals surface area (Å²) in [4.78, 5) is 5.64. The molecule has 0 saturated carbocycles. The summed E-state index contributed by atoms with van der Waals surface area (Å²) in [7, 11) is 0. The number of nitrogens with two attached hydrogens (primary N) is 1. The second kappa shape index (κ2) is 5.91. The Bertz CT molecular complexity index is 453. The predicted molar refractivity (Wildman–Crippen MR) is 71.7 cm³/mol. The number of rotatable bonds is 5. The lowest BCUT2D eigenvalue weighted by molar-refractivity contribution is 0.515. The van der Waals surface area contributed by atoms with Gasteiger partial charge in [0.25, 0.3) is 0 Å². The Balaban J connectivity index is 1.97. The SMILES string of the molecule is Cc1cc(C(CCc2ccccn2)NN)cs1. The Morgan fingerprint density at radius 1 is 1.47 bits per heavy atom. The number of hydrazine groups is 1. The van der Waals surface area contributed by atoms with E-state index in [1.165, 1.54) is 10.4 Å². The molecular weight excluding hydrogens is 230 g/mol. The standard InChI is InChI=1S/C13H17N3S/c1-10-8-11(9-17-10)13(16-14)6-5-12-4-2-3-7-15-12/h2-4,7-9,13,16H,5-6,14H2,1H3. The number of aryl methyl sites for hydroxylation is 2. The van der Waals surface area contributed by atoms with E-state index in [4.69, 9.17) is 5.84 Å². The molecule has 1 atom stereocenters. The third kappa shape index (κ3) is 3.36. The third-order valence-corrected chi connectivity index (χ3v) is 3.65. The molecule has 2 heterocycles. The largest absolute Gasteiger partial charge is 0.271 e. The molecule has 2 rings (SSSR count). The highest BCUT2D eigenvalue weighted by Crippen LogP contribution is 2.23. The van der Waals surface area contributed by atoms with Crippen molar-refractivity contribution in [2.45, 2.75) is 25.8 Å². The van der Waals surface area contributed by atoms with Gasteiger partial charge in [0.2, 0.25) is 0 Å². The molecule has 1 unspecified atom stereocenters. The summed E-state index contributed by atoms with van der Waals surface area (Å²) < 4.78 is 0. The van der Waals surface area contributed by atoms with Crippen LogP contribution in [0, 0.1) is 6.92 Å². The van der Waals surface area contributed by atoms with Crippen LogP contribution in [-0.2, 0) is 6.42 Å². The van der Waals surface area contributed by atoms with Crippen molar-refractivity contribution in [3.8, 4) is 0 Å². The van der Waals surface area contributed by atoms with Crippen molar-refractivity contribution in [1.29, 1.82) is 0 Å². The van der Waals surface area contributed by atoms with Crippen LogP contribution >= 0.6 is 11.3 Å². The number of pyridine rings is 1. The summed E-state index contributed by atoms with van der Waals surface area (Å²) in [5.41, 5.74) is 5.26. The summed E-state index contributed by atoms with van der Waals surface area (Å²) in [6, 6.07) is 8.40. The minimum Gasteiger partial charge on any atom is -0.271 e. The van der Waals surface area contributed by atoms with Crippen molar-refractivity contribution in [2.24, 2.45) is 5.84 Å².